The zero-order valence-electron chi connectivity index (χ0n) is 11.7. The molecule has 0 aromatic carbocycles. The summed E-state index contributed by atoms with van der Waals surface area (Å²) < 4.78 is 36.5. The van der Waals surface area contributed by atoms with Gasteiger partial charge in [0.15, 0.2) is 6.29 Å². The molecule has 0 aromatic heterocycles. The molecule has 0 aliphatic carbocycles. The highest BCUT2D eigenvalue weighted by molar-refractivity contribution is 5.73. The van der Waals surface area contributed by atoms with E-state index in [0.717, 1.165) is 0 Å². The van der Waals surface area contributed by atoms with Crippen LogP contribution in [0.4, 0.5) is 0 Å². The third kappa shape index (κ3) is 2.40. The van der Waals surface area contributed by atoms with Crippen molar-refractivity contribution in [2.75, 3.05) is 14.2 Å². The number of fused-ring (bicyclic) bond motifs is 3. The smallest absolute Gasteiger partial charge is 0.363 e. The summed E-state index contributed by atoms with van der Waals surface area (Å²) >= 11 is 0. The van der Waals surface area contributed by atoms with Crippen LogP contribution < -0.4 is 0 Å². The van der Waals surface area contributed by atoms with Gasteiger partial charge in [-0.15, -0.1) is 0 Å². The van der Waals surface area contributed by atoms with E-state index in [1.807, 2.05) is 0 Å². The molecule has 0 aromatic rings. The van der Waals surface area contributed by atoms with Crippen LogP contribution in [-0.4, -0.2) is 69.4 Å². The van der Waals surface area contributed by atoms with Crippen LogP contribution in [0.15, 0.2) is 0 Å². The maximum absolute atomic E-state index is 11.6. The average Bonchev–Trinajstić information content (AvgIpc) is 3.04. The predicted molar refractivity (Wildman–Crippen MR) is 61.6 cm³/mol. The van der Waals surface area contributed by atoms with Crippen molar-refractivity contribution >= 4 is 11.9 Å². The molecule has 0 N–H and O–H groups in total. The number of hydrogen-bond donors (Lipinski definition) is 0. The summed E-state index contributed by atoms with van der Waals surface area (Å²) in [5, 5.41) is 0. The van der Waals surface area contributed by atoms with E-state index in [-0.39, 0.29) is 0 Å². The van der Waals surface area contributed by atoms with Gasteiger partial charge in [-0.2, -0.15) is 0 Å². The second-order valence-electron chi connectivity index (χ2n) is 4.86. The van der Waals surface area contributed by atoms with Gasteiger partial charge in [0.2, 0.25) is 0 Å². The number of rotatable bonds is 2. The van der Waals surface area contributed by atoms with Crippen LogP contribution in [0, 0.1) is 0 Å². The predicted octanol–water partition coefficient (Wildman–Crippen LogP) is -1.07. The molecule has 3 aliphatic heterocycles. The van der Waals surface area contributed by atoms with Gasteiger partial charge in [-0.3, -0.25) is 0 Å². The first-order chi connectivity index (χ1) is 10.0. The number of hydrogen-bond acceptors (Lipinski definition) is 9. The summed E-state index contributed by atoms with van der Waals surface area (Å²) in [7, 11) is 2.47. The van der Waals surface area contributed by atoms with Crippen LogP contribution >= 0.6 is 0 Å². The Morgan fingerprint density at radius 3 is 1.95 bits per heavy atom. The molecular formula is C12H16O9. The fraction of sp³-hybridized carbons (Fsp3) is 0.833. The lowest BCUT2D eigenvalue weighted by Gasteiger charge is -2.36. The van der Waals surface area contributed by atoms with Crippen molar-refractivity contribution in [2.45, 2.75) is 50.2 Å². The van der Waals surface area contributed by atoms with Crippen LogP contribution in [0.25, 0.3) is 0 Å². The van der Waals surface area contributed by atoms with E-state index in [9.17, 15) is 9.59 Å². The molecule has 118 valence electrons. The number of methoxy groups -OCH3 is 2. The fourth-order valence-electron chi connectivity index (χ4n) is 2.59. The van der Waals surface area contributed by atoms with Crippen molar-refractivity contribution in [2.24, 2.45) is 0 Å². The summed E-state index contributed by atoms with van der Waals surface area (Å²) in [4.78, 5) is 23.0. The zero-order chi connectivity index (χ0) is 15.1. The van der Waals surface area contributed by atoms with Crippen molar-refractivity contribution in [3.05, 3.63) is 0 Å². The quantitative estimate of drug-likeness (QED) is 0.590. The lowest BCUT2D eigenvalue weighted by Crippen LogP contribution is -2.53. The first-order valence-electron chi connectivity index (χ1n) is 6.48. The Kier molecular flexibility index (Phi) is 3.84. The molecule has 3 fully saturated rings. The second-order valence-corrected chi connectivity index (χ2v) is 4.86. The normalized spacial score (nSPS) is 44.8. The van der Waals surface area contributed by atoms with E-state index in [2.05, 4.69) is 9.47 Å². The zero-order valence-corrected chi connectivity index (χ0v) is 11.7. The maximum atomic E-state index is 11.6. The summed E-state index contributed by atoms with van der Waals surface area (Å²) in [5.41, 5.74) is 0. The summed E-state index contributed by atoms with van der Waals surface area (Å²) in [6.45, 7) is 1.75. The van der Waals surface area contributed by atoms with Gasteiger partial charge >= 0.3 is 11.9 Å². The summed E-state index contributed by atoms with van der Waals surface area (Å²) in [5.74, 6) is -1.30. The van der Waals surface area contributed by atoms with E-state index < -0.39 is 55.2 Å². The molecule has 7 unspecified atom stereocenters. The van der Waals surface area contributed by atoms with Gasteiger partial charge in [0.25, 0.3) is 12.6 Å². The molecule has 3 saturated heterocycles. The molecule has 3 heterocycles. The van der Waals surface area contributed by atoms with Crippen LogP contribution in [0.1, 0.15) is 6.92 Å². The molecular weight excluding hydrogens is 288 g/mol. The molecule has 21 heavy (non-hydrogen) atoms. The first-order valence-corrected chi connectivity index (χ1v) is 6.48. The Morgan fingerprint density at radius 1 is 0.762 bits per heavy atom. The minimum absolute atomic E-state index is 0.415. The SMILES string of the molecule is COC(=O)C1OC2OC3C(C)OC(C(=O)OC)OC3C2O1. The summed E-state index contributed by atoms with van der Waals surface area (Å²) in [6.07, 6.45) is -5.21. The minimum atomic E-state index is -1.16. The van der Waals surface area contributed by atoms with Gasteiger partial charge in [-0.25, -0.2) is 9.59 Å². The van der Waals surface area contributed by atoms with Crippen molar-refractivity contribution in [3.63, 3.8) is 0 Å². The second kappa shape index (κ2) is 5.50. The van der Waals surface area contributed by atoms with Gasteiger partial charge < -0.3 is 33.2 Å². The van der Waals surface area contributed by atoms with Gasteiger partial charge in [0.05, 0.1) is 20.3 Å². The van der Waals surface area contributed by atoms with Crippen LogP contribution in [0.2, 0.25) is 0 Å². The van der Waals surface area contributed by atoms with Gasteiger partial charge in [0, 0.05) is 0 Å². The highest BCUT2D eigenvalue weighted by Crippen LogP contribution is 2.39. The lowest BCUT2D eigenvalue weighted by atomic mass is 10.1. The topological polar surface area (TPSA) is 98.8 Å². The Balaban J connectivity index is 1.72. The molecule has 0 saturated carbocycles. The Morgan fingerprint density at radius 2 is 1.33 bits per heavy atom. The number of ether oxygens (including phenoxy) is 7. The van der Waals surface area contributed by atoms with Gasteiger partial charge in [-0.1, -0.05) is 0 Å². The Bertz CT molecular complexity index is 438. The van der Waals surface area contributed by atoms with Crippen LogP contribution in [0.5, 0.6) is 0 Å². The molecule has 7 atom stereocenters. The van der Waals surface area contributed by atoms with E-state index in [4.69, 9.17) is 23.7 Å². The molecule has 0 spiro atoms. The van der Waals surface area contributed by atoms with Crippen LogP contribution in [-0.2, 0) is 42.7 Å². The largest absolute Gasteiger partial charge is 0.465 e. The number of carbonyl (C=O) groups excluding carboxylic acids is 2. The Labute approximate surface area is 120 Å². The molecule has 3 rings (SSSR count). The van der Waals surface area contributed by atoms with E-state index in [0.29, 0.717) is 0 Å². The van der Waals surface area contributed by atoms with Gasteiger partial charge in [-0.05, 0) is 6.92 Å². The standard InChI is InChI=1S/C12H16O9/c1-4-5-6(19-11(17-4)8(13)15-2)7-10(18-5)21-12(20-7)9(14)16-3/h4-7,10-12H,1-3H3. The molecule has 0 amide bonds. The van der Waals surface area contributed by atoms with Crippen molar-refractivity contribution < 1.29 is 42.7 Å². The van der Waals surface area contributed by atoms with E-state index in [1.165, 1.54) is 14.2 Å². The Hall–Kier alpha value is -1.26. The highest BCUT2D eigenvalue weighted by Gasteiger charge is 2.59. The first kappa shape index (κ1) is 14.7. The number of esters is 2. The molecule has 9 nitrogen and oxygen atoms in total. The van der Waals surface area contributed by atoms with E-state index >= 15 is 0 Å². The number of carbonyl (C=O) groups is 2. The molecule has 0 radical (unpaired) electrons. The molecule has 9 heteroatoms. The molecule has 3 aliphatic rings. The average molecular weight is 304 g/mol. The van der Waals surface area contributed by atoms with Crippen molar-refractivity contribution in [1.82, 2.24) is 0 Å². The third-order valence-electron chi connectivity index (χ3n) is 3.61. The lowest BCUT2D eigenvalue weighted by molar-refractivity contribution is -0.289. The molecule has 0 bridgehead atoms. The van der Waals surface area contributed by atoms with Crippen molar-refractivity contribution in [1.29, 1.82) is 0 Å². The summed E-state index contributed by atoms with van der Waals surface area (Å²) in [6, 6.07) is 0. The van der Waals surface area contributed by atoms with Gasteiger partial charge in [0.1, 0.15) is 18.3 Å². The highest BCUT2D eigenvalue weighted by atomic mass is 16.9. The van der Waals surface area contributed by atoms with Crippen LogP contribution in [0.3, 0.4) is 0 Å². The minimum Gasteiger partial charge on any atom is -0.465 e. The monoisotopic (exact) mass is 304 g/mol. The van der Waals surface area contributed by atoms with E-state index in [1.54, 1.807) is 6.92 Å². The van der Waals surface area contributed by atoms with Crippen molar-refractivity contribution in [3.8, 4) is 0 Å². The fourth-order valence-corrected chi connectivity index (χ4v) is 2.59. The third-order valence-corrected chi connectivity index (χ3v) is 3.61. The maximum Gasteiger partial charge on any atom is 0.363 e.